The van der Waals surface area contributed by atoms with Crippen LogP contribution in [0.3, 0.4) is 0 Å². The lowest BCUT2D eigenvalue weighted by Crippen LogP contribution is -2.56. The van der Waals surface area contributed by atoms with E-state index in [-0.39, 0.29) is 7.92 Å². The summed E-state index contributed by atoms with van der Waals surface area (Å²) in [4.78, 5) is 10.2. The normalized spacial score (nSPS) is 35.2. The molecule has 246 valence electrons. The molecule has 0 aliphatic heterocycles. The number of nitrogens with zero attached hydrogens (tertiary/aromatic N) is 2. The Labute approximate surface area is 291 Å². The van der Waals surface area contributed by atoms with Crippen molar-refractivity contribution >= 4 is 17.2 Å². The second-order valence-corrected chi connectivity index (χ2v) is 21.3. The molecule has 8 aliphatic rings. The maximum absolute atomic E-state index is 5.08. The third kappa shape index (κ3) is 4.94. The maximum atomic E-state index is 5.08. The first kappa shape index (κ1) is 30.4. The number of hydrogen-bond donors (Lipinski definition) is 0. The fraction of sp³-hybridized carbons (Fsp3) is 0.500. The molecule has 4 heteroatoms. The molecule has 8 bridgehead atoms. The first-order chi connectivity index (χ1) is 23.5. The van der Waals surface area contributed by atoms with E-state index in [0.717, 1.165) is 46.9 Å². The van der Waals surface area contributed by atoms with E-state index in [9.17, 15) is 0 Å². The lowest BCUT2D eigenvalue weighted by molar-refractivity contribution is 0.0184. The van der Waals surface area contributed by atoms with Gasteiger partial charge in [0.2, 0.25) is 0 Å². The number of benzene rings is 2. The van der Waals surface area contributed by atoms with Crippen LogP contribution in [0.4, 0.5) is 0 Å². The van der Waals surface area contributed by atoms with Crippen LogP contribution in [0.5, 0.6) is 0 Å². The van der Waals surface area contributed by atoms with Gasteiger partial charge in [-0.3, -0.25) is 9.97 Å². The monoisotopic (exact) mass is 668 g/mol. The van der Waals surface area contributed by atoms with Crippen molar-refractivity contribution in [2.45, 2.75) is 98.7 Å². The average molecular weight is 669 g/mol. The molecule has 1 atom stereocenters. The predicted octanol–water partition coefficient (Wildman–Crippen LogP) is 11.2. The van der Waals surface area contributed by atoms with Crippen LogP contribution >= 0.6 is 17.2 Å². The van der Waals surface area contributed by atoms with Crippen LogP contribution in [0.2, 0.25) is 0 Å². The highest BCUT2D eigenvalue weighted by Gasteiger charge is 2.62. The molecule has 0 saturated heterocycles. The van der Waals surface area contributed by atoms with Gasteiger partial charge in [-0.05, 0) is 182 Å². The van der Waals surface area contributed by atoms with Gasteiger partial charge >= 0.3 is 0 Å². The van der Waals surface area contributed by atoms with Gasteiger partial charge in [-0.15, -0.1) is 9.24 Å². The molecule has 8 saturated carbocycles. The van der Waals surface area contributed by atoms with Crippen LogP contribution in [0.25, 0.3) is 11.1 Å². The number of aromatic nitrogens is 2. The summed E-state index contributed by atoms with van der Waals surface area (Å²) in [6.45, 7) is 0. The predicted molar refractivity (Wildman–Crippen MR) is 202 cm³/mol. The summed E-state index contributed by atoms with van der Waals surface area (Å²) in [6, 6.07) is 31.4. The van der Waals surface area contributed by atoms with Crippen molar-refractivity contribution in [1.29, 1.82) is 0 Å². The summed E-state index contributed by atoms with van der Waals surface area (Å²) in [5.41, 5.74) is 7.67. The molecule has 0 radical (unpaired) electrons. The highest BCUT2D eigenvalue weighted by Crippen LogP contribution is 2.80. The van der Waals surface area contributed by atoms with Crippen LogP contribution in [0.15, 0.2) is 97.3 Å². The second kappa shape index (κ2) is 11.6. The van der Waals surface area contributed by atoms with Crippen molar-refractivity contribution < 1.29 is 0 Å². The molecule has 0 N–H and O–H groups in total. The van der Waals surface area contributed by atoms with Crippen molar-refractivity contribution in [3.05, 3.63) is 120 Å². The van der Waals surface area contributed by atoms with Gasteiger partial charge in [0.15, 0.2) is 0 Å². The molecule has 8 fully saturated rings. The fourth-order valence-corrected chi connectivity index (χ4v) is 19.1. The van der Waals surface area contributed by atoms with Crippen LogP contribution in [-0.2, 0) is 11.3 Å². The molecule has 2 aromatic heterocycles. The summed E-state index contributed by atoms with van der Waals surface area (Å²) in [5.74, 6) is 5.99. The molecule has 2 heterocycles. The number of hydrogen-bond acceptors (Lipinski definition) is 2. The van der Waals surface area contributed by atoms with Gasteiger partial charge in [0.05, 0.1) is 16.5 Å². The van der Waals surface area contributed by atoms with Crippen molar-refractivity contribution in [3.8, 4) is 11.1 Å². The average Bonchev–Trinajstić information content (AvgIpc) is 3.10. The summed E-state index contributed by atoms with van der Waals surface area (Å²) in [5, 5.41) is 0.641. The van der Waals surface area contributed by atoms with Gasteiger partial charge in [-0.25, -0.2) is 0 Å². The largest absolute Gasteiger partial charge is 0.260 e. The summed E-state index contributed by atoms with van der Waals surface area (Å²) >= 11 is 0. The molecule has 1 unspecified atom stereocenters. The zero-order valence-corrected chi connectivity index (χ0v) is 30.4. The van der Waals surface area contributed by atoms with E-state index in [2.05, 4.69) is 82.0 Å². The van der Waals surface area contributed by atoms with Gasteiger partial charge < -0.3 is 0 Å². The third-order valence-corrected chi connectivity index (χ3v) is 19.2. The van der Waals surface area contributed by atoms with Crippen LogP contribution < -0.4 is 0 Å². The standard InChI is InChI=1S/C44H50N2P2/c47-44(40-10-4-6-14-45-40,41-11-5-7-15-46-41)39-22-37(36-8-2-1-3-9-36)12-13-38(39)29-48(42-23-30-16-31(24-42)18-32(17-30)25-42)43-26-33-19-34(27-43)21-35(20-33)28-43/h1-15,22,30-35H,16-21,23-29,47H2. The van der Waals surface area contributed by atoms with Crippen molar-refractivity contribution in [1.82, 2.24) is 9.97 Å². The van der Waals surface area contributed by atoms with Crippen molar-refractivity contribution in [2.24, 2.45) is 35.5 Å². The number of rotatable bonds is 8. The van der Waals surface area contributed by atoms with Gasteiger partial charge in [-0.1, -0.05) is 62.5 Å². The van der Waals surface area contributed by atoms with E-state index in [1.807, 2.05) is 24.5 Å². The Morgan fingerprint density at radius 2 is 1.02 bits per heavy atom. The SMILES string of the molecule is PC(c1ccccn1)(c1ccccn1)c1cc(-c2ccccc2)ccc1CP(C12CC3CC(CC(C3)C1)C2)C12CC3CC(CC(C3)C1)C2. The van der Waals surface area contributed by atoms with Gasteiger partial charge in [-0.2, -0.15) is 0 Å². The van der Waals surface area contributed by atoms with Gasteiger partial charge in [0.25, 0.3) is 0 Å². The molecule has 0 amide bonds. The zero-order valence-electron chi connectivity index (χ0n) is 28.3. The summed E-state index contributed by atoms with van der Waals surface area (Å²) in [6.07, 6.45) is 23.7. The number of pyridine rings is 2. The van der Waals surface area contributed by atoms with Crippen LogP contribution in [0, 0.1) is 35.5 Å². The Hall–Kier alpha value is -2.40. The van der Waals surface area contributed by atoms with E-state index >= 15 is 0 Å². The van der Waals surface area contributed by atoms with E-state index in [4.69, 9.17) is 9.97 Å². The van der Waals surface area contributed by atoms with Crippen LogP contribution in [-0.4, -0.2) is 20.3 Å². The van der Waals surface area contributed by atoms with E-state index in [0.29, 0.717) is 10.3 Å². The second-order valence-electron chi connectivity index (χ2n) is 17.3. The molecule has 2 aromatic carbocycles. The molecule has 4 aromatic rings. The van der Waals surface area contributed by atoms with Crippen LogP contribution in [0.1, 0.15) is 99.6 Å². The van der Waals surface area contributed by atoms with E-state index in [1.54, 1.807) is 5.56 Å². The zero-order chi connectivity index (χ0) is 31.9. The molecule has 8 aliphatic carbocycles. The van der Waals surface area contributed by atoms with Gasteiger partial charge in [0, 0.05) is 12.4 Å². The minimum Gasteiger partial charge on any atom is -0.260 e. The highest BCUT2D eigenvalue weighted by atomic mass is 31.1. The van der Waals surface area contributed by atoms with Crippen molar-refractivity contribution in [3.63, 3.8) is 0 Å². The molecule has 12 rings (SSSR count). The fourth-order valence-electron chi connectivity index (χ4n) is 13.3. The maximum Gasteiger partial charge on any atom is 0.0936 e. The smallest absolute Gasteiger partial charge is 0.0936 e. The summed E-state index contributed by atoms with van der Waals surface area (Å²) < 4.78 is 0. The Balaban J connectivity index is 1.17. The third-order valence-electron chi connectivity index (χ3n) is 14.3. The Morgan fingerprint density at radius 1 is 0.562 bits per heavy atom. The Bertz CT molecular complexity index is 1630. The van der Waals surface area contributed by atoms with Crippen molar-refractivity contribution in [2.75, 3.05) is 0 Å². The molecule has 0 spiro atoms. The van der Waals surface area contributed by atoms with E-state index in [1.165, 1.54) is 99.9 Å². The molecular formula is C44H50N2P2. The molecule has 48 heavy (non-hydrogen) atoms. The topological polar surface area (TPSA) is 25.8 Å². The first-order valence-corrected chi connectivity index (χ1v) is 21.2. The Morgan fingerprint density at radius 3 is 1.46 bits per heavy atom. The minimum atomic E-state index is -0.535. The lowest BCUT2D eigenvalue weighted by Gasteiger charge is -2.67. The van der Waals surface area contributed by atoms with E-state index < -0.39 is 5.16 Å². The molecule has 2 nitrogen and oxygen atoms in total. The van der Waals surface area contributed by atoms with Gasteiger partial charge in [0.1, 0.15) is 0 Å². The highest BCUT2D eigenvalue weighted by molar-refractivity contribution is 7.60. The first-order valence-electron chi connectivity index (χ1n) is 19.1. The minimum absolute atomic E-state index is 0.200. The molecular weight excluding hydrogens is 618 g/mol. The quantitative estimate of drug-likeness (QED) is 0.175. The lowest BCUT2D eigenvalue weighted by atomic mass is 9.55. The Kier molecular flexibility index (Phi) is 7.33. The summed E-state index contributed by atoms with van der Waals surface area (Å²) in [7, 11) is 3.13.